The molecule has 0 radical (unpaired) electrons. The second-order valence-electron chi connectivity index (χ2n) is 10.7. The molecule has 1 amide bonds. The predicted octanol–water partition coefficient (Wildman–Crippen LogP) is 7.02. The molecular formula is C34H34ClN5O. The molecular weight excluding hydrogens is 530 g/mol. The van der Waals surface area contributed by atoms with Crippen molar-refractivity contribution in [1.29, 1.82) is 0 Å². The lowest BCUT2D eigenvalue weighted by molar-refractivity contribution is 0.0952. The third kappa shape index (κ3) is 5.98. The Labute approximate surface area is 245 Å². The van der Waals surface area contributed by atoms with E-state index in [1.54, 1.807) is 6.20 Å². The molecule has 0 unspecified atom stereocenters. The van der Waals surface area contributed by atoms with Crippen molar-refractivity contribution in [2.75, 3.05) is 18.0 Å². The minimum Gasteiger partial charge on any atom is -0.361 e. The van der Waals surface area contributed by atoms with Gasteiger partial charge in [0.1, 0.15) is 0 Å². The number of aryl methyl sites for hydroxylation is 3. The molecule has 208 valence electrons. The van der Waals surface area contributed by atoms with Crippen molar-refractivity contribution in [3.8, 4) is 0 Å². The van der Waals surface area contributed by atoms with Gasteiger partial charge in [-0.05, 0) is 79.5 Å². The fraction of sp³-hybridized carbons (Fsp3) is 0.265. The molecule has 5 aromatic rings. The number of carbonyl (C=O) groups is 1. The minimum absolute atomic E-state index is 0.133. The zero-order chi connectivity index (χ0) is 28.2. The average molecular weight is 564 g/mol. The lowest BCUT2D eigenvalue weighted by Crippen LogP contribution is -2.29. The first-order valence-electron chi connectivity index (χ1n) is 14.3. The minimum atomic E-state index is -0.133. The fourth-order valence-corrected chi connectivity index (χ4v) is 5.98. The number of H-pyrrole nitrogens is 1. The van der Waals surface area contributed by atoms with Gasteiger partial charge in [0.2, 0.25) is 5.95 Å². The van der Waals surface area contributed by atoms with Crippen molar-refractivity contribution in [3.63, 3.8) is 0 Å². The zero-order valence-corrected chi connectivity index (χ0v) is 24.0. The molecule has 0 saturated carbocycles. The number of nitrogens with zero attached hydrogens (tertiary/aromatic N) is 3. The van der Waals surface area contributed by atoms with Crippen LogP contribution in [0.15, 0.2) is 85.2 Å². The molecule has 6 rings (SSSR count). The first kappa shape index (κ1) is 27.0. The Bertz CT molecular complexity index is 1660. The van der Waals surface area contributed by atoms with E-state index in [0.29, 0.717) is 24.5 Å². The van der Waals surface area contributed by atoms with Gasteiger partial charge in [0, 0.05) is 41.4 Å². The fourth-order valence-electron chi connectivity index (χ4n) is 5.85. The summed E-state index contributed by atoms with van der Waals surface area (Å²) < 4.78 is 0. The molecule has 41 heavy (non-hydrogen) atoms. The third-order valence-electron chi connectivity index (χ3n) is 8.11. The quantitative estimate of drug-likeness (QED) is 0.202. The average Bonchev–Trinajstić information content (AvgIpc) is 3.65. The lowest BCUT2D eigenvalue weighted by Gasteiger charge is -2.26. The number of amides is 1. The highest BCUT2D eigenvalue weighted by molar-refractivity contribution is 6.30. The van der Waals surface area contributed by atoms with Crippen molar-refractivity contribution in [1.82, 2.24) is 20.3 Å². The van der Waals surface area contributed by atoms with Gasteiger partial charge in [-0.15, -0.1) is 0 Å². The Morgan fingerprint density at radius 3 is 2.66 bits per heavy atom. The van der Waals surface area contributed by atoms with Crippen LogP contribution in [-0.4, -0.2) is 33.9 Å². The molecule has 0 spiro atoms. The number of hydrogen-bond acceptors (Lipinski definition) is 4. The molecule has 1 saturated heterocycles. The van der Waals surface area contributed by atoms with Gasteiger partial charge >= 0.3 is 0 Å². The van der Waals surface area contributed by atoms with Crippen molar-refractivity contribution < 1.29 is 4.79 Å². The first-order chi connectivity index (χ1) is 20.1. The second kappa shape index (κ2) is 12.1. The maximum absolute atomic E-state index is 13.5. The van der Waals surface area contributed by atoms with E-state index in [-0.39, 0.29) is 11.9 Å². The Balaban J connectivity index is 1.23. The number of aromatic nitrogens is 3. The number of hydrogen-bond donors (Lipinski definition) is 2. The van der Waals surface area contributed by atoms with Gasteiger partial charge in [0.25, 0.3) is 5.91 Å². The van der Waals surface area contributed by atoms with Gasteiger partial charge in [-0.2, -0.15) is 0 Å². The maximum Gasteiger partial charge on any atom is 0.254 e. The number of nitrogens with one attached hydrogen (secondary N) is 2. The third-order valence-corrected chi connectivity index (χ3v) is 8.36. The Morgan fingerprint density at radius 1 is 1.00 bits per heavy atom. The molecule has 1 aliphatic rings. The van der Waals surface area contributed by atoms with Crippen molar-refractivity contribution in [2.45, 2.75) is 45.1 Å². The SMILES string of the molecule is Cc1ccccc1CCc1nc(N2CCC[C@H]2c2ccc(Cl)cc2)ncc1C(=O)NCCc1c[nH]c2ccccc12. The van der Waals surface area contributed by atoms with Crippen LogP contribution in [0.25, 0.3) is 10.9 Å². The van der Waals surface area contributed by atoms with Crippen LogP contribution in [0.4, 0.5) is 5.95 Å². The molecule has 3 aromatic carbocycles. The van der Waals surface area contributed by atoms with E-state index in [1.165, 1.54) is 27.6 Å². The summed E-state index contributed by atoms with van der Waals surface area (Å²) in [7, 11) is 0. The molecule has 7 heteroatoms. The van der Waals surface area contributed by atoms with E-state index in [4.69, 9.17) is 21.6 Å². The number of anilines is 1. The summed E-state index contributed by atoms with van der Waals surface area (Å²) in [6.07, 6.45) is 8.03. The number of halogens is 1. The van der Waals surface area contributed by atoms with Crippen LogP contribution in [0.1, 0.15) is 57.2 Å². The zero-order valence-electron chi connectivity index (χ0n) is 23.2. The molecule has 0 bridgehead atoms. The summed E-state index contributed by atoms with van der Waals surface area (Å²) in [6, 6.07) is 24.8. The molecule has 2 aromatic heterocycles. The van der Waals surface area contributed by atoms with Crippen molar-refractivity contribution in [3.05, 3.63) is 124 Å². The highest BCUT2D eigenvalue weighted by atomic mass is 35.5. The molecule has 1 fully saturated rings. The molecule has 6 nitrogen and oxygen atoms in total. The Morgan fingerprint density at radius 2 is 1.80 bits per heavy atom. The van der Waals surface area contributed by atoms with E-state index in [2.05, 4.69) is 70.7 Å². The monoisotopic (exact) mass is 563 g/mol. The number of carbonyl (C=O) groups excluding carboxylic acids is 1. The number of rotatable bonds is 9. The van der Waals surface area contributed by atoms with Crippen LogP contribution in [-0.2, 0) is 19.3 Å². The van der Waals surface area contributed by atoms with Crippen LogP contribution in [0.2, 0.25) is 5.02 Å². The van der Waals surface area contributed by atoms with Crippen LogP contribution in [0.3, 0.4) is 0 Å². The Hall–Kier alpha value is -4.16. The van der Waals surface area contributed by atoms with Gasteiger partial charge in [-0.3, -0.25) is 4.79 Å². The largest absolute Gasteiger partial charge is 0.361 e. The molecule has 1 aliphatic heterocycles. The van der Waals surface area contributed by atoms with Crippen molar-refractivity contribution >= 4 is 34.4 Å². The normalized spacial score (nSPS) is 15.0. The summed E-state index contributed by atoms with van der Waals surface area (Å²) in [5.74, 6) is 0.546. The smallest absolute Gasteiger partial charge is 0.254 e. The van der Waals surface area contributed by atoms with Gasteiger partial charge in [0.15, 0.2) is 0 Å². The second-order valence-corrected chi connectivity index (χ2v) is 11.2. The topological polar surface area (TPSA) is 73.9 Å². The van der Waals surface area contributed by atoms with E-state index in [0.717, 1.165) is 48.5 Å². The van der Waals surface area contributed by atoms with E-state index >= 15 is 0 Å². The molecule has 1 atom stereocenters. The van der Waals surface area contributed by atoms with Gasteiger partial charge in [-0.1, -0.05) is 66.2 Å². The highest BCUT2D eigenvalue weighted by Crippen LogP contribution is 2.35. The number of benzene rings is 3. The van der Waals surface area contributed by atoms with Crippen LogP contribution < -0.4 is 10.2 Å². The first-order valence-corrected chi connectivity index (χ1v) is 14.7. The summed E-state index contributed by atoms with van der Waals surface area (Å²) in [5.41, 5.74) is 7.33. The van der Waals surface area contributed by atoms with Crippen molar-refractivity contribution in [2.24, 2.45) is 0 Å². The van der Waals surface area contributed by atoms with E-state index in [1.807, 2.05) is 30.5 Å². The number of para-hydroxylation sites is 1. The lowest BCUT2D eigenvalue weighted by atomic mass is 10.0. The number of aromatic amines is 1. The van der Waals surface area contributed by atoms with Gasteiger partial charge in [-0.25, -0.2) is 9.97 Å². The molecule has 0 aliphatic carbocycles. The summed E-state index contributed by atoms with van der Waals surface area (Å²) >= 11 is 6.15. The maximum atomic E-state index is 13.5. The predicted molar refractivity (Wildman–Crippen MR) is 166 cm³/mol. The summed E-state index contributed by atoms with van der Waals surface area (Å²) in [6.45, 7) is 3.53. The van der Waals surface area contributed by atoms with Gasteiger partial charge in [0.05, 0.1) is 17.3 Å². The summed E-state index contributed by atoms with van der Waals surface area (Å²) in [5, 5.41) is 5.04. The highest BCUT2D eigenvalue weighted by Gasteiger charge is 2.29. The Kier molecular flexibility index (Phi) is 8.01. The van der Waals surface area contributed by atoms with Crippen LogP contribution in [0, 0.1) is 6.92 Å². The molecule has 2 N–H and O–H groups in total. The van der Waals surface area contributed by atoms with E-state index < -0.39 is 0 Å². The van der Waals surface area contributed by atoms with Gasteiger partial charge < -0.3 is 15.2 Å². The molecule has 3 heterocycles. The van der Waals surface area contributed by atoms with Crippen LogP contribution >= 0.6 is 11.6 Å². The summed E-state index contributed by atoms with van der Waals surface area (Å²) in [4.78, 5) is 28.8. The van der Waals surface area contributed by atoms with E-state index in [9.17, 15) is 4.79 Å². The standard InChI is InChI=1S/C34H34ClN5O/c1-23-7-2-3-8-24(23)14-17-31-29(33(41)36-19-18-26-21-37-30-10-5-4-9-28(26)30)22-38-34(39-31)40-20-6-11-32(40)25-12-15-27(35)16-13-25/h2-5,7-10,12-13,15-16,21-22,32,37H,6,11,14,17-20H2,1H3,(H,36,41)/t32-/m0/s1. The number of fused-ring (bicyclic) bond motifs is 1. The van der Waals surface area contributed by atoms with Crippen LogP contribution in [0.5, 0.6) is 0 Å².